The molecule has 1 heterocycles. The van der Waals surface area contributed by atoms with E-state index in [0.717, 1.165) is 18.2 Å². The second-order valence-electron chi connectivity index (χ2n) is 2.98. The van der Waals surface area contributed by atoms with Crippen LogP contribution in [0.2, 0.25) is 0 Å². The number of aromatic nitrogens is 3. The molecule has 1 aromatic heterocycles. The predicted octanol–water partition coefficient (Wildman–Crippen LogP) is 0.144. The van der Waals surface area contributed by atoms with Gasteiger partial charge in [0.25, 0.3) is 0 Å². The van der Waals surface area contributed by atoms with E-state index in [-0.39, 0.29) is 0 Å². The van der Waals surface area contributed by atoms with E-state index < -0.39 is 0 Å². The highest BCUT2D eigenvalue weighted by Crippen LogP contribution is 2.10. The Kier molecular flexibility index (Phi) is 3.56. The molecule has 5 nitrogen and oxygen atoms in total. The summed E-state index contributed by atoms with van der Waals surface area (Å²) in [7, 11) is 4.03. The molecule has 0 saturated carbocycles. The molecule has 0 aliphatic rings. The van der Waals surface area contributed by atoms with Crippen molar-refractivity contribution in [3.05, 3.63) is 0 Å². The first-order valence-corrected chi connectivity index (χ1v) is 5.25. The number of nitrogen functional groups attached to an aromatic ring is 1. The Morgan fingerprint density at radius 2 is 2.23 bits per heavy atom. The minimum Gasteiger partial charge on any atom is -0.368 e. The van der Waals surface area contributed by atoms with Gasteiger partial charge in [-0.05, 0) is 20.4 Å². The number of thioether (sulfide) groups is 1. The lowest BCUT2D eigenvalue weighted by Crippen LogP contribution is -2.20. The van der Waals surface area contributed by atoms with Crippen LogP contribution in [0.3, 0.4) is 0 Å². The Labute approximate surface area is 82.3 Å². The molecule has 1 rings (SSSR count). The maximum Gasteiger partial charge on any atom is 0.219 e. The average molecular weight is 201 g/mol. The van der Waals surface area contributed by atoms with Gasteiger partial charge in [-0.25, -0.2) is 4.68 Å². The molecule has 0 aliphatic heterocycles. The Hall–Kier alpha value is -0.750. The van der Waals surface area contributed by atoms with Gasteiger partial charge < -0.3 is 10.6 Å². The van der Waals surface area contributed by atoms with Crippen molar-refractivity contribution in [1.29, 1.82) is 0 Å². The van der Waals surface area contributed by atoms with Crippen molar-refractivity contribution < 1.29 is 0 Å². The molecular formula is C7H15N5S. The number of nitrogens with zero attached hydrogens (tertiary/aromatic N) is 4. The number of hydrogen-bond acceptors (Lipinski definition) is 5. The highest BCUT2D eigenvalue weighted by molar-refractivity contribution is 7.98. The van der Waals surface area contributed by atoms with Crippen molar-refractivity contribution in [1.82, 2.24) is 19.7 Å². The molecule has 6 heteroatoms. The number of hydrogen-bond donors (Lipinski definition) is 1. The second-order valence-corrected chi connectivity index (χ2v) is 3.76. The van der Waals surface area contributed by atoms with Crippen molar-refractivity contribution >= 4 is 17.7 Å². The standard InChI is InChI=1S/C7H15N5S/c1-11(2)4-5-12-6(8)9-7(10-12)13-3/h4-5H2,1-3H3,(H2,8,9,10). The molecule has 1 aromatic rings. The highest BCUT2D eigenvalue weighted by atomic mass is 32.2. The summed E-state index contributed by atoms with van der Waals surface area (Å²) in [4.78, 5) is 6.16. The van der Waals surface area contributed by atoms with E-state index in [0.29, 0.717) is 5.95 Å². The molecule has 0 atom stereocenters. The quantitative estimate of drug-likeness (QED) is 0.702. The molecular weight excluding hydrogens is 186 g/mol. The third-order valence-corrected chi connectivity index (χ3v) is 2.16. The lowest BCUT2D eigenvalue weighted by molar-refractivity contribution is 0.373. The van der Waals surface area contributed by atoms with Gasteiger partial charge in [0.05, 0.1) is 6.54 Å². The van der Waals surface area contributed by atoms with E-state index in [1.807, 2.05) is 20.4 Å². The molecule has 0 amide bonds. The van der Waals surface area contributed by atoms with Crippen LogP contribution in [0, 0.1) is 0 Å². The number of rotatable bonds is 4. The zero-order valence-corrected chi connectivity index (χ0v) is 9.01. The topological polar surface area (TPSA) is 60.0 Å². The fourth-order valence-electron chi connectivity index (χ4n) is 0.878. The van der Waals surface area contributed by atoms with E-state index >= 15 is 0 Å². The van der Waals surface area contributed by atoms with Crippen molar-refractivity contribution in [2.75, 3.05) is 32.6 Å². The first kappa shape index (κ1) is 10.3. The van der Waals surface area contributed by atoms with E-state index in [1.54, 1.807) is 4.68 Å². The third kappa shape index (κ3) is 2.89. The lowest BCUT2D eigenvalue weighted by atomic mass is 10.6. The SMILES string of the molecule is CSc1nc(N)n(CCN(C)C)n1. The summed E-state index contributed by atoms with van der Waals surface area (Å²) < 4.78 is 1.73. The lowest BCUT2D eigenvalue weighted by Gasteiger charge is -2.08. The van der Waals surface area contributed by atoms with Gasteiger partial charge in [0, 0.05) is 6.54 Å². The Morgan fingerprint density at radius 3 is 2.69 bits per heavy atom. The first-order valence-electron chi connectivity index (χ1n) is 4.02. The van der Waals surface area contributed by atoms with Gasteiger partial charge in [0.15, 0.2) is 0 Å². The van der Waals surface area contributed by atoms with Crippen molar-refractivity contribution in [3.63, 3.8) is 0 Å². The van der Waals surface area contributed by atoms with Gasteiger partial charge in [0.1, 0.15) is 0 Å². The van der Waals surface area contributed by atoms with E-state index in [2.05, 4.69) is 15.0 Å². The fourth-order valence-corrected chi connectivity index (χ4v) is 1.24. The zero-order chi connectivity index (χ0) is 9.84. The molecule has 0 bridgehead atoms. The van der Waals surface area contributed by atoms with Gasteiger partial charge >= 0.3 is 0 Å². The van der Waals surface area contributed by atoms with Gasteiger partial charge in [-0.2, -0.15) is 4.98 Å². The molecule has 13 heavy (non-hydrogen) atoms. The Morgan fingerprint density at radius 1 is 1.54 bits per heavy atom. The van der Waals surface area contributed by atoms with Crippen molar-refractivity contribution in [3.8, 4) is 0 Å². The summed E-state index contributed by atoms with van der Waals surface area (Å²) in [5.74, 6) is 0.492. The normalized spacial score (nSPS) is 11.1. The summed E-state index contributed by atoms with van der Waals surface area (Å²) >= 11 is 1.50. The maximum atomic E-state index is 5.66. The molecule has 0 radical (unpaired) electrons. The van der Waals surface area contributed by atoms with Gasteiger partial charge in [-0.1, -0.05) is 11.8 Å². The summed E-state index contributed by atoms with van der Waals surface area (Å²) in [6.45, 7) is 1.70. The fraction of sp³-hybridized carbons (Fsp3) is 0.714. The molecule has 0 unspecified atom stereocenters. The second kappa shape index (κ2) is 4.48. The van der Waals surface area contributed by atoms with Crippen molar-refractivity contribution in [2.24, 2.45) is 0 Å². The predicted molar refractivity (Wildman–Crippen MR) is 54.8 cm³/mol. The summed E-state index contributed by atoms with van der Waals surface area (Å²) in [6.07, 6.45) is 1.94. The maximum absolute atomic E-state index is 5.66. The van der Waals surface area contributed by atoms with Gasteiger partial charge in [-0.3, -0.25) is 0 Å². The molecule has 0 aromatic carbocycles. The summed E-state index contributed by atoms with van der Waals surface area (Å²) in [6, 6.07) is 0. The Bertz CT molecular complexity index is 270. The first-order chi connectivity index (χ1) is 6.13. The molecule has 0 fully saturated rings. The van der Waals surface area contributed by atoms with E-state index in [4.69, 9.17) is 5.73 Å². The smallest absolute Gasteiger partial charge is 0.219 e. The minimum absolute atomic E-state index is 0.492. The summed E-state index contributed by atoms with van der Waals surface area (Å²) in [5, 5.41) is 4.95. The van der Waals surface area contributed by atoms with Crippen LogP contribution >= 0.6 is 11.8 Å². The van der Waals surface area contributed by atoms with Crippen LogP contribution in [0.4, 0.5) is 5.95 Å². The van der Waals surface area contributed by atoms with Crippen LogP contribution in [0.1, 0.15) is 0 Å². The van der Waals surface area contributed by atoms with Crippen LogP contribution in [-0.4, -0.2) is 46.6 Å². The number of likely N-dealkylation sites (N-methyl/N-ethyl adjacent to an activating group) is 1. The van der Waals surface area contributed by atoms with Crippen LogP contribution in [-0.2, 0) is 6.54 Å². The largest absolute Gasteiger partial charge is 0.368 e. The molecule has 2 N–H and O–H groups in total. The van der Waals surface area contributed by atoms with Crippen molar-refractivity contribution in [2.45, 2.75) is 11.7 Å². The third-order valence-electron chi connectivity index (χ3n) is 1.62. The van der Waals surface area contributed by atoms with Gasteiger partial charge in [-0.15, -0.1) is 5.10 Å². The van der Waals surface area contributed by atoms with Gasteiger partial charge in [0.2, 0.25) is 11.1 Å². The zero-order valence-electron chi connectivity index (χ0n) is 8.19. The molecule has 74 valence electrons. The van der Waals surface area contributed by atoms with E-state index in [1.165, 1.54) is 11.8 Å². The van der Waals surface area contributed by atoms with Crippen LogP contribution in [0.25, 0.3) is 0 Å². The number of nitrogens with two attached hydrogens (primary N) is 1. The molecule has 0 saturated heterocycles. The minimum atomic E-state index is 0.492. The molecule has 0 spiro atoms. The van der Waals surface area contributed by atoms with Crippen LogP contribution < -0.4 is 5.73 Å². The van der Waals surface area contributed by atoms with Crippen LogP contribution in [0.5, 0.6) is 0 Å². The van der Waals surface area contributed by atoms with Crippen LogP contribution in [0.15, 0.2) is 5.16 Å². The average Bonchev–Trinajstić information content (AvgIpc) is 2.43. The monoisotopic (exact) mass is 201 g/mol. The Balaban J connectivity index is 2.60. The van der Waals surface area contributed by atoms with E-state index in [9.17, 15) is 0 Å². The molecule has 0 aliphatic carbocycles. The number of anilines is 1. The highest BCUT2D eigenvalue weighted by Gasteiger charge is 2.04. The summed E-state index contributed by atoms with van der Waals surface area (Å²) in [5.41, 5.74) is 5.66.